The molecule has 0 unspecified atom stereocenters. The average molecular weight is 318 g/mol. The first-order valence-corrected chi connectivity index (χ1v) is 9.08. The van der Waals surface area contributed by atoms with Gasteiger partial charge in [0.1, 0.15) is 6.04 Å². The van der Waals surface area contributed by atoms with Crippen LogP contribution in [0, 0.1) is 0 Å². The van der Waals surface area contributed by atoms with E-state index in [9.17, 15) is 4.79 Å². The molecule has 0 saturated carbocycles. The molecular weight excluding hydrogens is 288 g/mol. The van der Waals surface area contributed by atoms with Gasteiger partial charge in [-0.25, -0.2) is 0 Å². The van der Waals surface area contributed by atoms with Crippen LogP contribution in [0.4, 0.5) is 0 Å². The maximum Gasteiger partial charge on any atom is 0.325 e. The Bertz CT molecular complexity index is 286. The van der Waals surface area contributed by atoms with Crippen LogP contribution in [0.15, 0.2) is 0 Å². The van der Waals surface area contributed by atoms with Gasteiger partial charge in [0.05, 0.1) is 13.2 Å². The van der Waals surface area contributed by atoms with E-state index >= 15 is 0 Å². The SMILES string of the molecule is CCCN(CCN1CCSCC1)[C@H](COC)C(=O)OCC. The van der Waals surface area contributed by atoms with Gasteiger partial charge in [-0.15, -0.1) is 0 Å². The van der Waals surface area contributed by atoms with Crippen LogP contribution in [-0.2, 0) is 14.3 Å². The van der Waals surface area contributed by atoms with Crippen molar-refractivity contribution in [3.63, 3.8) is 0 Å². The fourth-order valence-corrected chi connectivity index (χ4v) is 3.50. The zero-order valence-corrected chi connectivity index (χ0v) is 14.5. The van der Waals surface area contributed by atoms with Crippen molar-refractivity contribution in [2.75, 3.05) is 64.6 Å². The van der Waals surface area contributed by atoms with Crippen molar-refractivity contribution in [3.05, 3.63) is 0 Å². The first-order valence-electron chi connectivity index (χ1n) is 7.92. The minimum absolute atomic E-state index is 0.165. The van der Waals surface area contributed by atoms with Crippen LogP contribution >= 0.6 is 11.8 Å². The zero-order valence-electron chi connectivity index (χ0n) is 13.7. The Labute approximate surface area is 133 Å². The largest absolute Gasteiger partial charge is 0.465 e. The molecule has 6 heteroatoms. The number of nitrogens with zero attached hydrogens (tertiary/aromatic N) is 2. The van der Waals surface area contributed by atoms with Crippen molar-refractivity contribution in [2.45, 2.75) is 26.3 Å². The second-order valence-electron chi connectivity index (χ2n) is 5.21. The van der Waals surface area contributed by atoms with Crippen molar-refractivity contribution >= 4 is 17.7 Å². The number of rotatable bonds is 10. The average Bonchev–Trinajstić information content (AvgIpc) is 2.50. The van der Waals surface area contributed by atoms with Gasteiger partial charge in [0.2, 0.25) is 0 Å². The number of hydrogen-bond donors (Lipinski definition) is 0. The lowest BCUT2D eigenvalue weighted by molar-refractivity contribution is -0.151. The lowest BCUT2D eigenvalue weighted by atomic mass is 10.2. The summed E-state index contributed by atoms with van der Waals surface area (Å²) in [7, 11) is 1.64. The molecule has 0 N–H and O–H groups in total. The fourth-order valence-electron chi connectivity index (χ4n) is 2.52. The second kappa shape index (κ2) is 11.3. The molecule has 0 bridgehead atoms. The van der Waals surface area contributed by atoms with E-state index in [1.54, 1.807) is 7.11 Å². The van der Waals surface area contributed by atoms with E-state index in [0.29, 0.717) is 13.2 Å². The highest BCUT2D eigenvalue weighted by molar-refractivity contribution is 7.99. The van der Waals surface area contributed by atoms with Gasteiger partial charge < -0.3 is 14.4 Å². The summed E-state index contributed by atoms with van der Waals surface area (Å²) >= 11 is 2.02. The molecule has 1 heterocycles. The van der Waals surface area contributed by atoms with Gasteiger partial charge in [-0.2, -0.15) is 11.8 Å². The van der Waals surface area contributed by atoms with Gasteiger partial charge in [0.25, 0.3) is 0 Å². The molecule has 1 aliphatic heterocycles. The zero-order chi connectivity index (χ0) is 15.5. The van der Waals surface area contributed by atoms with E-state index in [1.165, 1.54) is 11.5 Å². The van der Waals surface area contributed by atoms with Gasteiger partial charge in [0, 0.05) is 44.8 Å². The Morgan fingerprint density at radius 2 is 2.00 bits per heavy atom. The number of esters is 1. The predicted octanol–water partition coefficient (Wildman–Crippen LogP) is 1.33. The summed E-state index contributed by atoms with van der Waals surface area (Å²) in [6.45, 7) is 9.91. The summed E-state index contributed by atoms with van der Waals surface area (Å²) in [5.41, 5.74) is 0. The number of hydrogen-bond acceptors (Lipinski definition) is 6. The van der Waals surface area contributed by atoms with E-state index in [0.717, 1.165) is 39.1 Å². The molecule has 1 rings (SSSR count). The van der Waals surface area contributed by atoms with Gasteiger partial charge in [-0.3, -0.25) is 9.69 Å². The lowest BCUT2D eigenvalue weighted by Gasteiger charge is -2.33. The van der Waals surface area contributed by atoms with Crippen LogP contribution in [0.2, 0.25) is 0 Å². The maximum atomic E-state index is 12.1. The second-order valence-corrected chi connectivity index (χ2v) is 6.44. The molecule has 0 radical (unpaired) electrons. The summed E-state index contributed by atoms with van der Waals surface area (Å²) in [4.78, 5) is 16.8. The predicted molar refractivity (Wildman–Crippen MR) is 87.9 cm³/mol. The van der Waals surface area contributed by atoms with E-state index < -0.39 is 0 Å². The summed E-state index contributed by atoms with van der Waals surface area (Å²) < 4.78 is 10.4. The highest BCUT2D eigenvalue weighted by Crippen LogP contribution is 2.10. The van der Waals surface area contributed by atoms with Crippen LogP contribution in [0.25, 0.3) is 0 Å². The van der Waals surface area contributed by atoms with Crippen molar-refractivity contribution in [1.29, 1.82) is 0 Å². The molecule has 0 aromatic carbocycles. The lowest BCUT2D eigenvalue weighted by Crippen LogP contribution is -2.49. The van der Waals surface area contributed by atoms with E-state index in [4.69, 9.17) is 9.47 Å². The molecule has 1 atom stereocenters. The number of carbonyl (C=O) groups excluding carboxylic acids is 1. The number of methoxy groups -OCH3 is 1. The molecule has 1 fully saturated rings. The molecule has 1 saturated heterocycles. The Morgan fingerprint density at radius 3 is 2.57 bits per heavy atom. The Balaban J connectivity index is 2.55. The number of thioether (sulfide) groups is 1. The minimum atomic E-state index is -0.283. The Hall–Kier alpha value is -0.300. The standard InChI is InChI=1S/C15H30N2O3S/c1-4-6-17(8-7-16-9-11-21-12-10-16)14(13-19-3)15(18)20-5-2/h14H,4-13H2,1-3H3/t14-/m1/s1. The molecule has 0 aliphatic carbocycles. The van der Waals surface area contributed by atoms with Crippen molar-refractivity contribution in [3.8, 4) is 0 Å². The third-order valence-corrected chi connectivity index (χ3v) is 4.58. The molecule has 5 nitrogen and oxygen atoms in total. The van der Waals surface area contributed by atoms with E-state index in [2.05, 4.69) is 16.7 Å². The van der Waals surface area contributed by atoms with Crippen LogP contribution in [0.1, 0.15) is 20.3 Å². The van der Waals surface area contributed by atoms with Crippen LogP contribution < -0.4 is 0 Å². The van der Waals surface area contributed by atoms with Crippen LogP contribution in [0.3, 0.4) is 0 Å². The summed E-state index contributed by atoms with van der Waals surface area (Å²) in [5.74, 6) is 2.27. The van der Waals surface area contributed by atoms with Crippen LogP contribution in [0.5, 0.6) is 0 Å². The van der Waals surface area contributed by atoms with Gasteiger partial charge in [0.15, 0.2) is 0 Å². The fraction of sp³-hybridized carbons (Fsp3) is 0.933. The Kier molecular flexibility index (Phi) is 10.1. The molecule has 1 aliphatic rings. The monoisotopic (exact) mass is 318 g/mol. The molecule has 21 heavy (non-hydrogen) atoms. The van der Waals surface area contributed by atoms with Crippen molar-refractivity contribution < 1.29 is 14.3 Å². The highest BCUT2D eigenvalue weighted by atomic mass is 32.2. The molecule has 0 aromatic rings. The van der Waals surface area contributed by atoms with Gasteiger partial charge in [-0.05, 0) is 19.9 Å². The van der Waals surface area contributed by atoms with Crippen molar-refractivity contribution in [1.82, 2.24) is 9.80 Å². The van der Waals surface area contributed by atoms with Gasteiger partial charge in [-0.1, -0.05) is 6.92 Å². The first-order chi connectivity index (χ1) is 10.2. The highest BCUT2D eigenvalue weighted by Gasteiger charge is 2.27. The Morgan fingerprint density at radius 1 is 1.29 bits per heavy atom. The number of carbonyl (C=O) groups is 1. The van der Waals surface area contributed by atoms with Gasteiger partial charge >= 0.3 is 5.97 Å². The smallest absolute Gasteiger partial charge is 0.325 e. The maximum absolute atomic E-state index is 12.1. The van der Waals surface area contributed by atoms with E-state index in [-0.39, 0.29) is 12.0 Å². The van der Waals surface area contributed by atoms with E-state index in [1.807, 2.05) is 18.7 Å². The quantitative estimate of drug-likeness (QED) is 0.566. The normalized spacial score (nSPS) is 17.9. The summed E-state index contributed by atoms with van der Waals surface area (Å²) in [6.07, 6.45) is 1.02. The topological polar surface area (TPSA) is 42.0 Å². The molecule has 0 aromatic heterocycles. The number of ether oxygens (including phenoxy) is 2. The van der Waals surface area contributed by atoms with Crippen molar-refractivity contribution in [2.24, 2.45) is 0 Å². The molecule has 0 amide bonds. The third kappa shape index (κ3) is 7.00. The molecule has 124 valence electrons. The third-order valence-electron chi connectivity index (χ3n) is 3.64. The summed E-state index contributed by atoms with van der Waals surface area (Å²) in [6, 6.07) is -0.283. The minimum Gasteiger partial charge on any atom is -0.465 e. The molecule has 0 spiro atoms. The summed E-state index contributed by atoms with van der Waals surface area (Å²) in [5, 5.41) is 0. The first kappa shape index (κ1) is 18.7. The molecular formula is C15H30N2O3S. The van der Waals surface area contributed by atoms with Crippen LogP contribution in [-0.4, -0.2) is 86.4 Å².